The van der Waals surface area contributed by atoms with Gasteiger partial charge in [-0.05, 0) is 39.0 Å². The van der Waals surface area contributed by atoms with Crippen molar-refractivity contribution >= 4 is 0 Å². The van der Waals surface area contributed by atoms with E-state index in [2.05, 4.69) is 20.3 Å². The van der Waals surface area contributed by atoms with Gasteiger partial charge in [0.25, 0.3) is 0 Å². The molecule has 2 rings (SSSR count). The van der Waals surface area contributed by atoms with E-state index >= 15 is 0 Å². The number of nitrogens with zero attached hydrogens (tertiary/aromatic N) is 2. The van der Waals surface area contributed by atoms with Crippen molar-refractivity contribution in [3.05, 3.63) is 30.2 Å². The van der Waals surface area contributed by atoms with Gasteiger partial charge in [-0.3, -0.25) is 0 Å². The molecule has 1 aromatic carbocycles. The lowest BCUT2D eigenvalue weighted by Crippen LogP contribution is -2.35. The molecule has 0 aliphatic heterocycles. The fraction of sp³-hybridized carbons (Fsp3) is 0.429. The molecule has 0 atom stereocenters. The van der Waals surface area contributed by atoms with Crippen molar-refractivity contribution < 1.29 is 17.9 Å². The predicted molar refractivity (Wildman–Crippen MR) is 73.0 cm³/mol. The van der Waals surface area contributed by atoms with Crippen LogP contribution in [0.15, 0.2) is 28.7 Å². The van der Waals surface area contributed by atoms with Crippen molar-refractivity contribution in [2.75, 3.05) is 0 Å². The Morgan fingerprint density at radius 1 is 1.29 bits per heavy atom. The van der Waals surface area contributed by atoms with Crippen LogP contribution in [0.3, 0.4) is 0 Å². The average molecular weight is 297 g/mol. The standard InChI is InChI=1S/C14H17F2N3O2/c1-14(2,3)17-8-11-18-19-12(21-11)9-5-4-6-10(7-9)20-13(15)16/h4-7,13,17H,8H2,1-3H3. The molecule has 114 valence electrons. The van der Waals surface area contributed by atoms with Crippen molar-refractivity contribution in [3.63, 3.8) is 0 Å². The third kappa shape index (κ3) is 4.78. The second-order valence-electron chi connectivity index (χ2n) is 5.51. The van der Waals surface area contributed by atoms with Gasteiger partial charge >= 0.3 is 6.61 Å². The molecule has 1 aromatic heterocycles. The van der Waals surface area contributed by atoms with E-state index in [0.29, 0.717) is 18.0 Å². The third-order valence-corrected chi connectivity index (χ3v) is 2.54. The van der Waals surface area contributed by atoms with E-state index < -0.39 is 6.61 Å². The van der Waals surface area contributed by atoms with Gasteiger partial charge in [0.05, 0.1) is 6.54 Å². The van der Waals surface area contributed by atoms with Crippen molar-refractivity contribution in [1.82, 2.24) is 15.5 Å². The SMILES string of the molecule is CC(C)(C)NCc1nnc(-c2cccc(OC(F)F)c2)o1. The highest BCUT2D eigenvalue weighted by atomic mass is 19.3. The number of nitrogens with one attached hydrogen (secondary N) is 1. The van der Waals surface area contributed by atoms with Gasteiger partial charge in [-0.2, -0.15) is 8.78 Å². The normalized spacial score (nSPS) is 11.9. The monoisotopic (exact) mass is 297 g/mol. The van der Waals surface area contributed by atoms with Gasteiger partial charge in [-0.25, -0.2) is 0 Å². The molecule has 0 spiro atoms. The second kappa shape index (κ2) is 6.17. The summed E-state index contributed by atoms with van der Waals surface area (Å²) in [6.07, 6.45) is 0. The zero-order valence-electron chi connectivity index (χ0n) is 12.1. The molecule has 0 aliphatic rings. The van der Waals surface area contributed by atoms with Crippen molar-refractivity contribution in [2.24, 2.45) is 0 Å². The number of ether oxygens (including phenoxy) is 1. The van der Waals surface area contributed by atoms with E-state index in [-0.39, 0.29) is 17.2 Å². The quantitative estimate of drug-likeness (QED) is 0.918. The van der Waals surface area contributed by atoms with Crippen LogP contribution >= 0.6 is 0 Å². The summed E-state index contributed by atoms with van der Waals surface area (Å²) >= 11 is 0. The summed E-state index contributed by atoms with van der Waals surface area (Å²) in [5, 5.41) is 11.0. The molecule has 0 amide bonds. The van der Waals surface area contributed by atoms with E-state index in [0.717, 1.165) is 0 Å². The van der Waals surface area contributed by atoms with Crippen molar-refractivity contribution in [1.29, 1.82) is 0 Å². The first kappa shape index (κ1) is 15.4. The Kier molecular flexibility index (Phi) is 4.52. The lowest BCUT2D eigenvalue weighted by molar-refractivity contribution is -0.0498. The van der Waals surface area contributed by atoms with Gasteiger partial charge in [0.15, 0.2) is 0 Å². The number of alkyl halides is 2. The highest BCUT2D eigenvalue weighted by molar-refractivity contribution is 5.55. The summed E-state index contributed by atoms with van der Waals surface area (Å²) in [5.74, 6) is 0.746. The fourth-order valence-electron chi connectivity index (χ4n) is 1.59. The van der Waals surface area contributed by atoms with Crippen LogP contribution in [-0.2, 0) is 6.54 Å². The first-order valence-electron chi connectivity index (χ1n) is 6.46. The minimum atomic E-state index is -2.87. The van der Waals surface area contributed by atoms with Crippen molar-refractivity contribution in [2.45, 2.75) is 39.5 Å². The van der Waals surface area contributed by atoms with E-state index in [1.54, 1.807) is 12.1 Å². The summed E-state index contributed by atoms with van der Waals surface area (Å²) in [5.41, 5.74) is 0.460. The second-order valence-corrected chi connectivity index (χ2v) is 5.51. The van der Waals surface area contributed by atoms with Crippen LogP contribution in [0.2, 0.25) is 0 Å². The summed E-state index contributed by atoms with van der Waals surface area (Å²) in [6.45, 7) is 3.64. The maximum absolute atomic E-state index is 12.2. The Morgan fingerprint density at radius 2 is 2.05 bits per heavy atom. The zero-order valence-corrected chi connectivity index (χ0v) is 12.1. The van der Waals surface area contributed by atoms with Gasteiger partial charge in [-0.15, -0.1) is 10.2 Å². The van der Waals surface area contributed by atoms with Crippen LogP contribution in [0.5, 0.6) is 5.75 Å². The number of hydrogen-bond donors (Lipinski definition) is 1. The van der Waals surface area contributed by atoms with Crippen LogP contribution in [0.4, 0.5) is 8.78 Å². The van der Waals surface area contributed by atoms with Crippen LogP contribution in [0, 0.1) is 0 Å². The molecule has 0 aliphatic carbocycles. The lowest BCUT2D eigenvalue weighted by atomic mass is 10.1. The summed E-state index contributed by atoms with van der Waals surface area (Å²) in [4.78, 5) is 0. The minimum absolute atomic E-state index is 0.0510. The topological polar surface area (TPSA) is 60.2 Å². The number of benzene rings is 1. The Labute approximate surface area is 121 Å². The van der Waals surface area contributed by atoms with Crippen molar-refractivity contribution in [3.8, 4) is 17.2 Å². The highest BCUT2D eigenvalue weighted by Crippen LogP contribution is 2.24. The van der Waals surface area contributed by atoms with E-state index in [4.69, 9.17) is 4.42 Å². The van der Waals surface area contributed by atoms with Crippen LogP contribution in [0.25, 0.3) is 11.5 Å². The Hall–Kier alpha value is -2.02. The van der Waals surface area contributed by atoms with Gasteiger partial charge in [-0.1, -0.05) is 6.07 Å². The third-order valence-electron chi connectivity index (χ3n) is 2.54. The number of aromatic nitrogens is 2. The molecule has 2 aromatic rings. The first-order valence-corrected chi connectivity index (χ1v) is 6.46. The van der Waals surface area contributed by atoms with E-state index in [1.165, 1.54) is 12.1 Å². The van der Waals surface area contributed by atoms with Crippen LogP contribution in [0.1, 0.15) is 26.7 Å². The van der Waals surface area contributed by atoms with Gasteiger partial charge < -0.3 is 14.5 Å². The minimum Gasteiger partial charge on any atom is -0.435 e. The Morgan fingerprint density at radius 3 is 2.71 bits per heavy atom. The van der Waals surface area contributed by atoms with Gasteiger partial charge in [0.1, 0.15) is 5.75 Å². The first-order chi connectivity index (χ1) is 9.83. The van der Waals surface area contributed by atoms with E-state index in [1.807, 2.05) is 20.8 Å². The molecule has 0 bridgehead atoms. The smallest absolute Gasteiger partial charge is 0.387 e. The molecule has 0 fully saturated rings. The molecule has 1 N–H and O–H groups in total. The molecular weight excluding hydrogens is 280 g/mol. The molecule has 21 heavy (non-hydrogen) atoms. The maximum Gasteiger partial charge on any atom is 0.387 e. The molecule has 1 heterocycles. The Balaban J connectivity index is 2.10. The molecule has 7 heteroatoms. The average Bonchev–Trinajstić information content (AvgIpc) is 2.84. The van der Waals surface area contributed by atoms with Crippen LogP contribution in [-0.4, -0.2) is 22.3 Å². The maximum atomic E-state index is 12.2. The van der Waals surface area contributed by atoms with Gasteiger partial charge in [0, 0.05) is 11.1 Å². The summed E-state index contributed by atoms with van der Waals surface area (Å²) < 4.78 is 34.2. The molecular formula is C14H17F2N3O2. The summed E-state index contributed by atoms with van der Waals surface area (Å²) in [7, 11) is 0. The number of hydrogen-bond acceptors (Lipinski definition) is 5. The molecule has 0 radical (unpaired) electrons. The number of halogens is 2. The highest BCUT2D eigenvalue weighted by Gasteiger charge is 2.14. The van der Waals surface area contributed by atoms with Crippen LogP contribution < -0.4 is 10.1 Å². The predicted octanol–water partition coefficient (Wildman–Crippen LogP) is 3.23. The van der Waals surface area contributed by atoms with E-state index in [9.17, 15) is 8.78 Å². The largest absolute Gasteiger partial charge is 0.435 e. The number of rotatable bonds is 5. The molecule has 5 nitrogen and oxygen atoms in total. The molecule has 0 unspecified atom stereocenters. The molecule has 0 saturated heterocycles. The summed E-state index contributed by atoms with van der Waals surface area (Å²) in [6, 6.07) is 6.14. The Bertz CT molecular complexity index is 594. The fourth-order valence-corrected chi connectivity index (χ4v) is 1.59. The molecule has 0 saturated carbocycles. The zero-order chi connectivity index (χ0) is 15.5. The van der Waals surface area contributed by atoms with Gasteiger partial charge in [0.2, 0.25) is 11.8 Å². The lowest BCUT2D eigenvalue weighted by Gasteiger charge is -2.18.